The number of nitrogens with zero attached hydrogens (tertiary/aromatic N) is 3. The van der Waals surface area contributed by atoms with E-state index in [0.29, 0.717) is 6.54 Å². The van der Waals surface area contributed by atoms with Crippen LogP contribution < -0.4 is 15.8 Å². The van der Waals surface area contributed by atoms with Crippen molar-refractivity contribution in [3.05, 3.63) is 22.6 Å². The van der Waals surface area contributed by atoms with Gasteiger partial charge in [-0.05, 0) is 19.3 Å². The second-order valence-corrected chi connectivity index (χ2v) is 5.61. The summed E-state index contributed by atoms with van der Waals surface area (Å²) in [4.78, 5) is 25.9. The van der Waals surface area contributed by atoms with Crippen molar-refractivity contribution in [3.63, 3.8) is 0 Å². The second-order valence-electron chi connectivity index (χ2n) is 5.61. The number of hydrogen-bond donors (Lipinski definition) is 1. The maximum atomic E-state index is 12.2. The van der Waals surface area contributed by atoms with Crippen LogP contribution in [0.15, 0.2) is 17.1 Å². The predicted octanol–water partition coefficient (Wildman–Crippen LogP) is 0.913. The number of anilines is 1. The Bertz CT molecular complexity index is 541. The first-order valence-electron chi connectivity index (χ1n) is 7.68. The van der Waals surface area contributed by atoms with Crippen LogP contribution in [0.4, 0.5) is 5.69 Å². The maximum absolute atomic E-state index is 12.2. The smallest absolute Gasteiger partial charge is 0.268 e. The lowest BCUT2D eigenvalue weighted by Crippen LogP contribution is -2.43. The van der Waals surface area contributed by atoms with Gasteiger partial charge in [0.2, 0.25) is 5.91 Å². The first-order chi connectivity index (χ1) is 10.1. The quantitative estimate of drug-likeness (QED) is 0.819. The molecular formula is C15H24N4O2. The molecule has 2 rings (SSSR count). The van der Waals surface area contributed by atoms with Crippen LogP contribution >= 0.6 is 0 Å². The van der Waals surface area contributed by atoms with E-state index in [4.69, 9.17) is 0 Å². The van der Waals surface area contributed by atoms with Crippen molar-refractivity contribution in [2.75, 3.05) is 24.5 Å². The minimum absolute atomic E-state index is 0.000311. The minimum Gasteiger partial charge on any atom is -0.369 e. The molecule has 6 nitrogen and oxygen atoms in total. The van der Waals surface area contributed by atoms with Crippen LogP contribution in [-0.2, 0) is 11.8 Å². The molecule has 1 atom stereocenters. The molecule has 1 aliphatic rings. The summed E-state index contributed by atoms with van der Waals surface area (Å²) in [5.74, 6) is 0.129. The third-order valence-corrected chi connectivity index (χ3v) is 3.94. The number of nitrogens with one attached hydrogen (secondary N) is 1. The van der Waals surface area contributed by atoms with Crippen molar-refractivity contribution in [2.24, 2.45) is 13.0 Å². The Morgan fingerprint density at radius 3 is 3.05 bits per heavy atom. The fourth-order valence-corrected chi connectivity index (χ4v) is 2.59. The van der Waals surface area contributed by atoms with E-state index in [9.17, 15) is 9.59 Å². The van der Waals surface area contributed by atoms with E-state index in [1.165, 1.54) is 4.68 Å². The summed E-state index contributed by atoms with van der Waals surface area (Å²) in [5.41, 5.74) is 0.686. The van der Waals surface area contributed by atoms with Gasteiger partial charge in [-0.1, -0.05) is 13.3 Å². The molecule has 1 fully saturated rings. The maximum Gasteiger partial charge on any atom is 0.268 e. The molecule has 1 amide bonds. The Balaban J connectivity index is 1.98. The first kappa shape index (κ1) is 15.5. The highest BCUT2D eigenvalue weighted by atomic mass is 16.2. The van der Waals surface area contributed by atoms with Crippen LogP contribution in [0.2, 0.25) is 0 Å². The molecule has 0 saturated carbocycles. The van der Waals surface area contributed by atoms with Gasteiger partial charge in [0.15, 0.2) is 0 Å². The van der Waals surface area contributed by atoms with Gasteiger partial charge >= 0.3 is 0 Å². The van der Waals surface area contributed by atoms with Crippen LogP contribution in [0.3, 0.4) is 0 Å². The molecule has 2 heterocycles. The summed E-state index contributed by atoms with van der Waals surface area (Å²) in [5, 5.41) is 7.05. The fraction of sp³-hybridized carbons (Fsp3) is 0.667. The number of carbonyl (C=O) groups excluding carboxylic acids is 1. The summed E-state index contributed by atoms with van der Waals surface area (Å²) < 4.78 is 1.31. The van der Waals surface area contributed by atoms with Gasteiger partial charge in [-0.3, -0.25) is 9.59 Å². The van der Waals surface area contributed by atoms with Crippen LogP contribution in [0.1, 0.15) is 32.6 Å². The normalized spacial score (nSPS) is 18.6. The zero-order valence-electron chi connectivity index (χ0n) is 12.8. The highest BCUT2D eigenvalue weighted by Crippen LogP contribution is 2.21. The van der Waals surface area contributed by atoms with E-state index in [-0.39, 0.29) is 17.4 Å². The number of hydrogen-bond acceptors (Lipinski definition) is 4. The molecule has 0 bridgehead atoms. The molecule has 0 unspecified atom stereocenters. The molecule has 1 N–H and O–H groups in total. The van der Waals surface area contributed by atoms with Gasteiger partial charge in [0.05, 0.1) is 17.8 Å². The lowest BCUT2D eigenvalue weighted by atomic mass is 9.97. The van der Waals surface area contributed by atoms with E-state index in [0.717, 1.165) is 44.5 Å². The fourth-order valence-electron chi connectivity index (χ4n) is 2.59. The molecule has 0 aromatic carbocycles. The monoisotopic (exact) mass is 292 g/mol. The van der Waals surface area contributed by atoms with E-state index in [1.54, 1.807) is 19.3 Å². The van der Waals surface area contributed by atoms with Crippen molar-refractivity contribution < 1.29 is 4.79 Å². The average molecular weight is 292 g/mol. The molecule has 0 aliphatic carbocycles. The van der Waals surface area contributed by atoms with Crippen LogP contribution in [0.5, 0.6) is 0 Å². The van der Waals surface area contributed by atoms with Crippen molar-refractivity contribution in [3.8, 4) is 0 Å². The van der Waals surface area contributed by atoms with E-state index >= 15 is 0 Å². The number of amides is 1. The van der Waals surface area contributed by atoms with Crippen molar-refractivity contribution in [2.45, 2.75) is 32.6 Å². The Hall–Kier alpha value is -1.85. The third kappa shape index (κ3) is 4.06. The summed E-state index contributed by atoms with van der Waals surface area (Å²) in [6, 6.07) is 1.59. The lowest BCUT2D eigenvalue weighted by Gasteiger charge is -2.33. The Labute approximate surface area is 125 Å². The number of aromatic nitrogens is 2. The zero-order valence-corrected chi connectivity index (χ0v) is 12.8. The van der Waals surface area contributed by atoms with Crippen LogP contribution in [0, 0.1) is 5.92 Å². The molecule has 0 radical (unpaired) electrons. The van der Waals surface area contributed by atoms with Gasteiger partial charge in [-0.2, -0.15) is 5.10 Å². The second kappa shape index (κ2) is 7.24. The van der Waals surface area contributed by atoms with Crippen molar-refractivity contribution >= 4 is 11.6 Å². The summed E-state index contributed by atoms with van der Waals surface area (Å²) in [6.07, 6.45) is 5.66. The summed E-state index contributed by atoms with van der Waals surface area (Å²) >= 11 is 0. The molecule has 1 saturated heterocycles. The first-order valence-corrected chi connectivity index (χ1v) is 7.68. The van der Waals surface area contributed by atoms with Crippen molar-refractivity contribution in [1.29, 1.82) is 0 Å². The molecule has 116 valence electrons. The van der Waals surface area contributed by atoms with Crippen molar-refractivity contribution in [1.82, 2.24) is 15.1 Å². The highest BCUT2D eigenvalue weighted by Gasteiger charge is 2.26. The Morgan fingerprint density at radius 1 is 1.52 bits per heavy atom. The van der Waals surface area contributed by atoms with Gasteiger partial charge in [0.1, 0.15) is 0 Å². The standard InChI is InChI=1S/C15H24N4O2/c1-3-4-7-16-15(21)12-6-5-8-19(11-12)13-9-14(20)18(2)17-10-13/h9-10,12H,3-8,11H2,1-2H3,(H,16,21)/t12-/m0/s1. The lowest BCUT2D eigenvalue weighted by molar-refractivity contribution is -0.125. The van der Waals surface area contributed by atoms with Gasteiger partial charge in [0, 0.05) is 32.7 Å². The molecule has 21 heavy (non-hydrogen) atoms. The number of unbranched alkanes of at least 4 members (excludes halogenated alkanes) is 1. The van der Waals surface area contributed by atoms with Gasteiger partial charge in [-0.15, -0.1) is 0 Å². The van der Waals surface area contributed by atoms with E-state index in [1.807, 2.05) is 0 Å². The van der Waals surface area contributed by atoms with Gasteiger partial charge < -0.3 is 10.2 Å². The highest BCUT2D eigenvalue weighted by molar-refractivity contribution is 5.79. The molecule has 1 aliphatic heterocycles. The van der Waals surface area contributed by atoms with E-state index < -0.39 is 0 Å². The number of carbonyl (C=O) groups is 1. The number of aryl methyl sites for hydroxylation is 1. The molecular weight excluding hydrogens is 268 g/mol. The van der Waals surface area contributed by atoms with Gasteiger partial charge in [-0.25, -0.2) is 4.68 Å². The topological polar surface area (TPSA) is 67.2 Å². The molecule has 1 aromatic heterocycles. The Kier molecular flexibility index (Phi) is 5.36. The zero-order chi connectivity index (χ0) is 15.2. The Morgan fingerprint density at radius 2 is 2.33 bits per heavy atom. The summed E-state index contributed by atoms with van der Waals surface area (Å²) in [7, 11) is 1.63. The van der Waals surface area contributed by atoms with Crippen LogP contribution in [-0.4, -0.2) is 35.3 Å². The third-order valence-electron chi connectivity index (χ3n) is 3.94. The molecule has 0 spiro atoms. The molecule has 1 aromatic rings. The minimum atomic E-state index is -0.123. The molecule has 6 heteroatoms. The number of piperidine rings is 1. The summed E-state index contributed by atoms with van der Waals surface area (Å²) in [6.45, 7) is 4.39. The SMILES string of the molecule is CCCCNC(=O)[C@H]1CCCN(c2cnn(C)c(=O)c2)C1. The largest absolute Gasteiger partial charge is 0.369 e. The predicted molar refractivity (Wildman–Crippen MR) is 82.3 cm³/mol. The average Bonchev–Trinajstić information content (AvgIpc) is 2.50. The number of rotatable bonds is 5. The van der Waals surface area contributed by atoms with Crippen LogP contribution in [0.25, 0.3) is 0 Å². The van der Waals surface area contributed by atoms with E-state index in [2.05, 4.69) is 22.2 Å². The van der Waals surface area contributed by atoms with Gasteiger partial charge in [0.25, 0.3) is 5.56 Å².